The fraction of sp³-hybridized carbons (Fsp3) is 0.536. The van der Waals surface area contributed by atoms with Crippen LogP contribution < -0.4 is 15.4 Å². The number of benzene rings is 1. The number of nitrogens with zero attached hydrogens (tertiary/aromatic N) is 3. The van der Waals surface area contributed by atoms with Crippen LogP contribution in [0.25, 0.3) is 10.4 Å². The highest BCUT2D eigenvalue weighted by atomic mass is 32.1. The molecule has 1 aromatic heterocycles. The van der Waals surface area contributed by atoms with E-state index in [-0.39, 0.29) is 19.5 Å². The number of thiazole rings is 1. The summed E-state index contributed by atoms with van der Waals surface area (Å²) in [5.74, 6) is -0.716. The van der Waals surface area contributed by atoms with Crippen LogP contribution in [0.15, 0.2) is 23.7 Å². The average Bonchev–Trinajstić information content (AvgIpc) is 3.44. The summed E-state index contributed by atoms with van der Waals surface area (Å²) >= 11 is 1.54. The molecule has 3 N–H and O–H groups in total. The molecular weight excluding hydrogens is 518 g/mol. The van der Waals surface area contributed by atoms with Gasteiger partial charge in [-0.3, -0.25) is 14.4 Å². The zero-order chi connectivity index (χ0) is 28.5. The maximum absolute atomic E-state index is 13.7. The summed E-state index contributed by atoms with van der Waals surface area (Å²) in [7, 11) is 1.57. The van der Waals surface area contributed by atoms with E-state index in [2.05, 4.69) is 21.7 Å². The molecule has 3 atom stereocenters. The van der Waals surface area contributed by atoms with Gasteiger partial charge in [0.1, 0.15) is 23.2 Å². The van der Waals surface area contributed by atoms with Crippen LogP contribution >= 0.6 is 11.3 Å². The van der Waals surface area contributed by atoms with Gasteiger partial charge in [-0.25, -0.2) is 4.98 Å². The van der Waals surface area contributed by atoms with Crippen molar-refractivity contribution in [2.75, 3.05) is 13.7 Å². The number of carbonyl (C=O) groups excluding carboxylic acids is 3. The van der Waals surface area contributed by atoms with Crippen LogP contribution in [0.2, 0.25) is 0 Å². The van der Waals surface area contributed by atoms with Gasteiger partial charge in [-0.05, 0) is 36.8 Å². The lowest BCUT2D eigenvalue weighted by molar-refractivity contribution is -0.144. The minimum atomic E-state index is -1.08. The van der Waals surface area contributed by atoms with Crippen molar-refractivity contribution in [1.82, 2.24) is 20.5 Å². The molecule has 2 fully saturated rings. The Hall–Kier alpha value is -3.49. The molecule has 3 amide bonds. The standard InChI is InChI=1S/C28H35N5O5S/c1-16-22(39-15-31-16)17-6-7-18(21(10-17)38-5)12-30-24(35)20-11-19(34)13-33(20)25(36)23(27(2,3)4)32-26(37)28(14-29)8-9-28/h6-7,10,15,19-20,23,34H,8-9,11-13H2,1-5H3,(H,30,35)(H,32,37)/t19-,20+,23-/m1/s1. The molecule has 0 unspecified atom stereocenters. The summed E-state index contributed by atoms with van der Waals surface area (Å²) in [5, 5.41) is 25.5. The van der Waals surface area contributed by atoms with E-state index in [4.69, 9.17) is 4.74 Å². The molecule has 11 heteroatoms. The topological polar surface area (TPSA) is 145 Å². The SMILES string of the molecule is COc1cc(-c2scnc2C)ccc1CNC(=O)[C@@H]1C[C@@H](O)CN1C(=O)[C@@H](NC(=O)C1(C#N)CC1)C(C)(C)C. The summed E-state index contributed by atoms with van der Waals surface area (Å²) < 4.78 is 5.57. The average molecular weight is 554 g/mol. The normalized spacial score (nSPS) is 20.6. The molecule has 2 heterocycles. The first kappa shape index (κ1) is 28.5. The molecular formula is C28H35N5O5S. The molecule has 1 aliphatic carbocycles. The molecule has 2 aromatic rings. The molecule has 1 saturated carbocycles. The van der Waals surface area contributed by atoms with Gasteiger partial charge in [-0.15, -0.1) is 11.3 Å². The van der Waals surface area contributed by atoms with E-state index in [0.717, 1.165) is 21.7 Å². The molecule has 0 spiro atoms. The number of rotatable bonds is 8. The molecule has 4 rings (SSSR count). The number of amides is 3. The van der Waals surface area contributed by atoms with Crippen LogP contribution in [0.3, 0.4) is 0 Å². The highest BCUT2D eigenvalue weighted by Gasteiger charge is 2.53. The van der Waals surface area contributed by atoms with E-state index < -0.39 is 46.7 Å². The molecule has 1 aliphatic heterocycles. The molecule has 0 radical (unpaired) electrons. The van der Waals surface area contributed by atoms with Gasteiger partial charge in [0, 0.05) is 25.1 Å². The van der Waals surface area contributed by atoms with Crippen molar-refractivity contribution in [3.05, 3.63) is 35.0 Å². The Bertz CT molecular complexity index is 1310. The van der Waals surface area contributed by atoms with Crippen LogP contribution in [0.5, 0.6) is 5.75 Å². The highest BCUT2D eigenvalue weighted by molar-refractivity contribution is 7.13. The van der Waals surface area contributed by atoms with Crippen molar-refractivity contribution in [1.29, 1.82) is 5.26 Å². The Morgan fingerprint density at radius 2 is 2.05 bits per heavy atom. The summed E-state index contributed by atoms with van der Waals surface area (Å²) in [6.45, 7) is 7.53. The number of methoxy groups -OCH3 is 1. The summed E-state index contributed by atoms with van der Waals surface area (Å²) in [6, 6.07) is 5.93. The predicted molar refractivity (Wildman–Crippen MR) is 145 cm³/mol. The van der Waals surface area contributed by atoms with Gasteiger partial charge in [-0.1, -0.05) is 32.9 Å². The van der Waals surface area contributed by atoms with Gasteiger partial charge in [0.25, 0.3) is 0 Å². The fourth-order valence-electron chi connectivity index (χ4n) is 4.82. The van der Waals surface area contributed by atoms with Gasteiger partial charge >= 0.3 is 0 Å². The van der Waals surface area contributed by atoms with Gasteiger partial charge in [0.05, 0.1) is 35.4 Å². The Kier molecular flexibility index (Phi) is 8.00. The first-order valence-corrected chi connectivity index (χ1v) is 13.8. The van der Waals surface area contributed by atoms with Gasteiger partial charge in [0.15, 0.2) is 0 Å². The molecule has 10 nitrogen and oxygen atoms in total. The van der Waals surface area contributed by atoms with Gasteiger partial charge in [-0.2, -0.15) is 5.26 Å². The first-order chi connectivity index (χ1) is 18.4. The second-order valence-electron chi connectivity index (χ2n) is 11.4. The highest BCUT2D eigenvalue weighted by Crippen LogP contribution is 2.45. The Balaban J connectivity index is 1.47. The molecule has 2 aliphatic rings. The second-order valence-corrected chi connectivity index (χ2v) is 12.2. The predicted octanol–water partition coefficient (Wildman–Crippen LogP) is 2.54. The quantitative estimate of drug-likeness (QED) is 0.456. The molecule has 39 heavy (non-hydrogen) atoms. The van der Waals surface area contributed by atoms with E-state index in [9.17, 15) is 24.8 Å². The molecule has 0 bridgehead atoms. The number of hydrogen-bond donors (Lipinski definition) is 3. The number of ether oxygens (including phenoxy) is 1. The van der Waals surface area contributed by atoms with Crippen molar-refractivity contribution < 1.29 is 24.2 Å². The van der Waals surface area contributed by atoms with Crippen LogP contribution in [0.1, 0.15) is 51.3 Å². The van der Waals surface area contributed by atoms with E-state index in [1.807, 2.05) is 45.9 Å². The van der Waals surface area contributed by atoms with Gasteiger partial charge < -0.3 is 25.4 Å². The van der Waals surface area contributed by atoms with Crippen LogP contribution in [-0.2, 0) is 20.9 Å². The van der Waals surface area contributed by atoms with Crippen LogP contribution in [0.4, 0.5) is 0 Å². The minimum absolute atomic E-state index is 0.0189. The molecule has 1 saturated heterocycles. The number of nitrogens with one attached hydrogen (secondary N) is 2. The van der Waals surface area contributed by atoms with Crippen molar-refractivity contribution in [3.63, 3.8) is 0 Å². The zero-order valence-electron chi connectivity index (χ0n) is 22.9. The van der Waals surface area contributed by atoms with Crippen LogP contribution in [-0.4, -0.2) is 64.6 Å². The fourth-order valence-corrected chi connectivity index (χ4v) is 5.62. The minimum Gasteiger partial charge on any atom is -0.496 e. The number of hydrogen-bond acceptors (Lipinski definition) is 8. The number of aryl methyl sites for hydroxylation is 1. The number of likely N-dealkylation sites (tertiary alicyclic amines) is 1. The van der Waals surface area contributed by atoms with E-state index in [0.29, 0.717) is 18.6 Å². The number of aliphatic hydroxyl groups excluding tert-OH is 1. The van der Waals surface area contributed by atoms with Crippen molar-refractivity contribution >= 4 is 29.1 Å². The van der Waals surface area contributed by atoms with Crippen molar-refractivity contribution in [2.45, 2.75) is 71.7 Å². The summed E-state index contributed by atoms with van der Waals surface area (Å²) in [5.41, 5.74) is 2.68. The number of β-amino-alcohol motifs (C(OH)–C–C–N with tert-alkyl or cyclic N) is 1. The Morgan fingerprint density at radius 1 is 1.33 bits per heavy atom. The second kappa shape index (κ2) is 10.9. The zero-order valence-corrected chi connectivity index (χ0v) is 23.7. The number of carbonyl (C=O) groups is 3. The van der Waals surface area contributed by atoms with Crippen molar-refractivity contribution in [2.24, 2.45) is 10.8 Å². The first-order valence-electron chi connectivity index (χ1n) is 13.0. The Labute approximate surface area is 232 Å². The van der Waals surface area contributed by atoms with E-state index in [1.165, 1.54) is 16.2 Å². The number of nitriles is 1. The number of aromatic nitrogens is 1. The Morgan fingerprint density at radius 3 is 2.62 bits per heavy atom. The number of aliphatic hydroxyl groups is 1. The maximum atomic E-state index is 13.7. The maximum Gasteiger partial charge on any atom is 0.246 e. The third-order valence-corrected chi connectivity index (χ3v) is 8.38. The third kappa shape index (κ3) is 5.92. The summed E-state index contributed by atoms with van der Waals surface area (Å²) in [4.78, 5) is 46.5. The lowest BCUT2D eigenvalue weighted by Crippen LogP contribution is -2.58. The monoisotopic (exact) mass is 553 g/mol. The largest absolute Gasteiger partial charge is 0.496 e. The molecule has 1 aromatic carbocycles. The smallest absolute Gasteiger partial charge is 0.246 e. The van der Waals surface area contributed by atoms with E-state index in [1.54, 1.807) is 12.6 Å². The third-order valence-electron chi connectivity index (χ3n) is 7.40. The van der Waals surface area contributed by atoms with E-state index >= 15 is 0 Å². The van der Waals surface area contributed by atoms with Crippen molar-refractivity contribution in [3.8, 4) is 22.3 Å². The van der Waals surface area contributed by atoms with Crippen LogP contribution in [0, 0.1) is 29.1 Å². The summed E-state index contributed by atoms with van der Waals surface area (Å²) in [6.07, 6.45) is 0.140. The lowest BCUT2D eigenvalue weighted by atomic mass is 9.85. The lowest BCUT2D eigenvalue weighted by Gasteiger charge is -2.35. The van der Waals surface area contributed by atoms with Gasteiger partial charge in [0.2, 0.25) is 17.7 Å². The molecule has 208 valence electrons.